The minimum absolute atomic E-state index is 0.185. The summed E-state index contributed by atoms with van der Waals surface area (Å²) in [4.78, 5) is 9.83. The zero-order chi connectivity index (χ0) is 14.3. The third-order valence-corrected chi connectivity index (χ3v) is 4.94. The molecule has 0 aromatic carbocycles. The minimum Gasteiger partial charge on any atom is -0.353 e. The quantitative estimate of drug-likeness (QED) is 0.889. The lowest BCUT2D eigenvalue weighted by atomic mass is 9.99. The molecule has 2 N–H and O–H groups in total. The van der Waals surface area contributed by atoms with Gasteiger partial charge in [0.1, 0.15) is 5.82 Å². The molecule has 0 atom stereocenters. The number of hydrogen-bond donors (Lipinski definition) is 1. The van der Waals surface area contributed by atoms with Gasteiger partial charge in [-0.2, -0.15) is 0 Å². The van der Waals surface area contributed by atoms with E-state index in [9.17, 15) is 0 Å². The van der Waals surface area contributed by atoms with Crippen molar-refractivity contribution < 1.29 is 0 Å². The maximum atomic E-state index is 5.97. The van der Waals surface area contributed by atoms with Crippen LogP contribution in [0, 0.1) is 0 Å². The number of fused-ring (bicyclic) bond motifs is 1. The third-order valence-electron chi connectivity index (χ3n) is 4.94. The first-order valence-electron chi connectivity index (χ1n) is 7.69. The molecule has 4 nitrogen and oxygen atoms in total. The van der Waals surface area contributed by atoms with Crippen LogP contribution in [-0.2, 0) is 19.4 Å². The van der Waals surface area contributed by atoms with E-state index in [0.717, 1.165) is 31.9 Å². The summed E-state index contributed by atoms with van der Waals surface area (Å²) in [5, 5.41) is 0. The molecule has 1 aliphatic heterocycles. The van der Waals surface area contributed by atoms with Gasteiger partial charge in [-0.1, -0.05) is 0 Å². The fourth-order valence-electron chi connectivity index (χ4n) is 3.35. The van der Waals surface area contributed by atoms with Crippen LogP contribution in [0.15, 0.2) is 6.07 Å². The Morgan fingerprint density at radius 2 is 2.10 bits per heavy atom. The summed E-state index contributed by atoms with van der Waals surface area (Å²) in [5.41, 5.74) is 10.1. The van der Waals surface area contributed by atoms with E-state index in [0.29, 0.717) is 6.54 Å². The van der Waals surface area contributed by atoms with Gasteiger partial charge in [-0.05, 0) is 51.8 Å². The Bertz CT molecular complexity index is 509. The second-order valence-corrected chi connectivity index (χ2v) is 6.79. The second-order valence-electron chi connectivity index (χ2n) is 6.79. The Kier molecular flexibility index (Phi) is 3.46. The first-order chi connectivity index (χ1) is 9.51. The van der Waals surface area contributed by atoms with Crippen molar-refractivity contribution in [3.05, 3.63) is 22.9 Å². The number of aromatic nitrogens is 1. The van der Waals surface area contributed by atoms with Crippen LogP contribution in [0.3, 0.4) is 0 Å². The molecule has 1 saturated heterocycles. The molecule has 2 heterocycles. The number of nitrogens with two attached hydrogens (primary N) is 1. The van der Waals surface area contributed by atoms with Gasteiger partial charge in [0.15, 0.2) is 0 Å². The van der Waals surface area contributed by atoms with E-state index < -0.39 is 0 Å². The van der Waals surface area contributed by atoms with E-state index in [-0.39, 0.29) is 5.54 Å². The first-order valence-corrected chi connectivity index (χ1v) is 7.69. The van der Waals surface area contributed by atoms with Crippen molar-refractivity contribution in [2.24, 2.45) is 5.73 Å². The Labute approximate surface area is 122 Å². The van der Waals surface area contributed by atoms with E-state index >= 15 is 0 Å². The van der Waals surface area contributed by atoms with Gasteiger partial charge in [0.25, 0.3) is 0 Å². The van der Waals surface area contributed by atoms with E-state index in [1.165, 1.54) is 29.7 Å². The van der Waals surface area contributed by atoms with Crippen molar-refractivity contribution in [2.45, 2.75) is 45.2 Å². The summed E-state index contributed by atoms with van der Waals surface area (Å²) in [6.45, 7) is 8.32. The van der Waals surface area contributed by atoms with Gasteiger partial charge in [-0.3, -0.25) is 4.90 Å². The van der Waals surface area contributed by atoms with Gasteiger partial charge in [0, 0.05) is 43.0 Å². The number of piperazine rings is 1. The average molecular weight is 274 g/mol. The summed E-state index contributed by atoms with van der Waals surface area (Å²) in [5.74, 6) is 1.13. The van der Waals surface area contributed by atoms with Crippen molar-refractivity contribution >= 4 is 5.82 Å². The van der Waals surface area contributed by atoms with Crippen LogP contribution >= 0.6 is 0 Å². The Morgan fingerprint density at radius 3 is 2.80 bits per heavy atom. The fourth-order valence-corrected chi connectivity index (χ4v) is 3.35. The summed E-state index contributed by atoms with van der Waals surface area (Å²) in [6, 6.07) is 2.30. The van der Waals surface area contributed by atoms with Gasteiger partial charge in [-0.15, -0.1) is 0 Å². The zero-order valence-electron chi connectivity index (χ0n) is 12.9. The number of nitrogens with zero attached hydrogens (tertiary/aromatic N) is 3. The highest BCUT2D eigenvalue weighted by Gasteiger charge is 2.32. The highest BCUT2D eigenvalue weighted by molar-refractivity contribution is 5.51. The minimum atomic E-state index is 0.185. The zero-order valence-corrected chi connectivity index (χ0v) is 12.9. The standard InChI is InChI=1S/C16H26N4/c1-16(2)11-20(8-7-19(16)3)15-13(10-17)9-12-5-4-6-14(12)18-15/h9H,4-8,10-11,17H2,1-3H3. The normalized spacial score (nSPS) is 22.1. The molecule has 0 saturated carbocycles. The molecule has 4 heteroatoms. The topological polar surface area (TPSA) is 45.4 Å². The third kappa shape index (κ3) is 2.31. The predicted molar refractivity (Wildman–Crippen MR) is 83.1 cm³/mol. The highest BCUT2D eigenvalue weighted by Crippen LogP contribution is 2.30. The molecule has 1 aromatic rings. The first kappa shape index (κ1) is 13.8. The molecular weight excluding hydrogens is 248 g/mol. The van der Waals surface area contributed by atoms with E-state index in [2.05, 4.69) is 36.8 Å². The van der Waals surface area contributed by atoms with Gasteiger partial charge >= 0.3 is 0 Å². The SMILES string of the molecule is CN1CCN(c2nc3c(cc2CN)CCC3)CC1(C)C. The highest BCUT2D eigenvalue weighted by atomic mass is 15.3. The van der Waals surface area contributed by atoms with Crippen molar-refractivity contribution in [1.82, 2.24) is 9.88 Å². The number of likely N-dealkylation sites (N-methyl/N-ethyl adjacent to an activating group) is 1. The van der Waals surface area contributed by atoms with Crippen LogP contribution in [0.5, 0.6) is 0 Å². The number of anilines is 1. The molecule has 110 valence electrons. The largest absolute Gasteiger partial charge is 0.353 e. The molecule has 0 radical (unpaired) electrons. The maximum Gasteiger partial charge on any atom is 0.133 e. The number of aryl methyl sites for hydroxylation is 2. The average Bonchev–Trinajstić information content (AvgIpc) is 2.87. The van der Waals surface area contributed by atoms with Crippen LogP contribution in [0.2, 0.25) is 0 Å². The Hall–Kier alpha value is -1.13. The molecule has 1 aromatic heterocycles. The lowest BCUT2D eigenvalue weighted by Gasteiger charge is -2.46. The van der Waals surface area contributed by atoms with Gasteiger partial charge in [-0.25, -0.2) is 4.98 Å². The number of hydrogen-bond acceptors (Lipinski definition) is 4. The predicted octanol–water partition coefficient (Wildman–Crippen LogP) is 1.56. The number of pyridine rings is 1. The fraction of sp³-hybridized carbons (Fsp3) is 0.688. The molecule has 0 amide bonds. The van der Waals surface area contributed by atoms with Crippen LogP contribution < -0.4 is 10.6 Å². The molecule has 0 bridgehead atoms. The molecular formula is C16H26N4. The monoisotopic (exact) mass is 274 g/mol. The van der Waals surface area contributed by atoms with Gasteiger partial charge in [0.2, 0.25) is 0 Å². The molecule has 0 spiro atoms. The van der Waals surface area contributed by atoms with Crippen molar-refractivity contribution in [3.63, 3.8) is 0 Å². The Morgan fingerprint density at radius 1 is 1.30 bits per heavy atom. The summed E-state index contributed by atoms with van der Waals surface area (Å²) >= 11 is 0. The lowest BCUT2D eigenvalue weighted by molar-refractivity contribution is 0.138. The molecule has 0 unspecified atom stereocenters. The van der Waals surface area contributed by atoms with Crippen LogP contribution in [0.4, 0.5) is 5.82 Å². The van der Waals surface area contributed by atoms with E-state index in [1.807, 2.05) is 0 Å². The second kappa shape index (κ2) is 5.01. The van der Waals surface area contributed by atoms with Crippen molar-refractivity contribution in [3.8, 4) is 0 Å². The molecule has 3 rings (SSSR count). The van der Waals surface area contributed by atoms with Crippen LogP contribution in [0.1, 0.15) is 37.1 Å². The van der Waals surface area contributed by atoms with Crippen molar-refractivity contribution in [2.75, 3.05) is 31.6 Å². The van der Waals surface area contributed by atoms with Crippen molar-refractivity contribution in [1.29, 1.82) is 0 Å². The van der Waals surface area contributed by atoms with E-state index in [1.54, 1.807) is 0 Å². The van der Waals surface area contributed by atoms with Gasteiger partial charge in [0.05, 0.1) is 0 Å². The van der Waals surface area contributed by atoms with Gasteiger partial charge < -0.3 is 10.6 Å². The lowest BCUT2D eigenvalue weighted by Crippen LogP contribution is -2.58. The number of rotatable bonds is 2. The smallest absolute Gasteiger partial charge is 0.133 e. The molecule has 1 aliphatic carbocycles. The van der Waals surface area contributed by atoms with Crippen LogP contribution in [-0.4, -0.2) is 42.1 Å². The maximum absolute atomic E-state index is 5.97. The molecule has 20 heavy (non-hydrogen) atoms. The molecule has 1 fully saturated rings. The summed E-state index contributed by atoms with van der Waals surface area (Å²) in [7, 11) is 2.21. The van der Waals surface area contributed by atoms with E-state index in [4.69, 9.17) is 10.7 Å². The molecule has 2 aliphatic rings. The summed E-state index contributed by atoms with van der Waals surface area (Å²) < 4.78 is 0. The summed E-state index contributed by atoms with van der Waals surface area (Å²) in [6.07, 6.45) is 3.54. The Balaban J connectivity index is 1.94. The van der Waals surface area contributed by atoms with Crippen LogP contribution in [0.25, 0.3) is 0 Å².